The first kappa shape index (κ1) is 18.6. The van der Waals surface area contributed by atoms with Gasteiger partial charge in [-0.05, 0) is 43.2 Å². The minimum absolute atomic E-state index is 0.333. The Bertz CT molecular complexity index is 1010. The molecule has 0 unspecified atom stereocenters. The van der Waals surface area contributed by atoms with Gasteiger partial charge in [0.1, 0.15) is 0 Å². The van der Waals surface area contributed by atoms with Gasteiger partial charge in [0.05, 0.1) is 6.26 Å². The Labute approximate surface area is 164 Å². The van der Waals surface area contributed by atoms with Crippen LogP contribution in [0.1, 0.15) is 42.5 Å². The van der Waals surface area contributed by atoms with Crippen molar-refractivity contribution >= 4 is 27.3 Å². The first-order valence-corrected chi connectivity index (χ1v) is 11.1. The second-order valence-electron chi connectivity index (χ2n) is 7.25. The zero-order chi connectivity index (χ0) is 19.8. The number of ether oxygens (including phenoxy) is 2. The summed E-state index contributed by atoms with van der Waals surface area (Å²) in [5.74, 6) is 0.421. The quantitative estimate of drug-likeness (QED) is 0.812. The van der Waals surface area contributed by atoms with E-state index in [9.17, 15) is 13.2 Å². The van der Waals surface area contributed by atoms with Crippen molar-refractivity contribution in [2.45, 2.75) is 37.9 Å². The second-order valence-corrected chi connectivity index (χ2v) is 8.99. The van der Waals surface area contributed by atoms with E-state index in [0.29, 0.717) is 28.4 Å². The van der Waals surface area contributed by atoms with Gasteiger partial charge in [0, 0.05) is 35.8 Å². The Morgan fingerprint density at radius 1 is 0.964 bits per heavy atom. The first-order chi connectivity index (χ1) is 13.3. The van der Waals surface area contributed by atoms with Crippen molar-refractivity contribution < 1.29 is 22.7 Å². The third-order valence-electron chi connectivity index (χ3n) is 4.84. The molecule has 0 saturated heterocycles. The molecule has 0 aromatic heterocycles. The molecule has 1 spiro atoms. The van der Waals surface area contributed by atoms with Crippen LogP contribution in [0.15, 0.2) is 42.5 Å². The number of hydrogen-bond donors (Lipinski definition) is 2. The van der Waals surface area contributed by atoms with Crippen LogP contribution in [0.2, 0.25) is 0 Å². The van der Waals surface area contributed by atoms with Crippen LogP contribution in [0.25, 0.3) is 0 Å². The zero-order valence-electron chi connectivity index (χ0n) is 15.5. The summed E-state index contributed by atoms with van der Waals surface area (Å²) in [5.41, 5.74) is 1.26. The maximum atomic E-state index is 12.6. The Balaban J connectivity index is 1.48. The lowest BCUT2D eigenvalue weighted by atomic mass is 9.94. The van der Waals surface area contributed by atoms with Gasteiger partial charge < -0.3 is 14.8 Å². The van der Waals surface area contributed by atoms with E-state index in [-0.39, 0.29) is 5.91 Å². The number of sulfonamides is 1. The maximum Gasteiger partial charge on any atom is 0.255 e. The van der Waals surface area contributed by atoms with Crippen molar-refractivity contribution in [3.05, 3.63) is 48.0 Å². The summed E-state index contributed by atoms with van der Waals surface area (Å²) < 4.78 is 37.2. The molecule has 4 rings (SSSR count). The van der Waals surface area contributed by atoms with Crippen LogP contribution in [0.5, 0.6) is 11.5 Å². The van der Waals surface area contributed by atoms with Gasteiger partial charge in [0.25, 0.3) is 11.7 Å². The molecule has 0 atom stereocenters. The predicted octanol–water partition coefficient (Wildman–Crippen LogP) is 3.74. The number of rotatable bonds is 4. The highest BCUT2D eigenvalue weighted by molar-refractivity contribution is 7.92. The summed E-state index contributed by atoms with van der Waals surface area (Å²) >= 11 is 0. The lowest BCUT2D eigenvalue weighted by molar-refractivity contribution is -0.105. The standard InChI is InChI=1S/C20H22N2O5S/c1-28(24,25)22-16-7-5-6-14(12-16)19(23)21-15-8-9-17-18(13-15)27-20(26-17)10-3-2-4-11-20/h5-9,12-13,22H,2-4,10-11H2,1H3,(H,21,23). The molecule has 0 radical (unpaired) electrons. The molecule has 2 N–H and O–H groups in total. The normalized spacial score (nSPS) is 17.3. The van der Waals surface area contributed by atoms with Crippen molar-refractivity contribution in [3.63, 3.8) is 0 Å². The van der Waals surface area contributed by atoms with E-state index in [2.05, 4.69) is 10.0 Å². The fraction of sp³-hybridized carbons (Fsp3) is 0.350. The molecule has 1 aliphatic heterocycles. The summed E-state index contributed by atoms with van der Waals surface area (Å²) in [5, 5.41) is 2.82. The monoisotopic (exact) mass is 402 g/mol. The number of anilines is 2. The summed E-state index contributed by atoms with van der Waals surface area (Å²) in [6.07, 6.45) is 6.14. The fourth-order valence-electron chi connectivity index (χ4n) is 3.61. The molecule has 0 bridgehead atoms. The maximum absolute atomic E-state index is 12.6. The smallest absolute Gasteiger partial charge is 0.255 e. The minimum atomic E-state index is -3.41. The summed E-state index contributed by atoms with van der Waals surface area (Å²) in [6.45, 7) is 0. The van der Waals surface area contributed by atoms with Crippen molar-refractivity contribution in [1.82, 2.24) is 0 Å². The molecule has 1 saturated carbocycles. The average molecular weight is 402 g/mol. The van der Waals surface area contributed by atoms with Crippen LogP contribution >= 0.6 is 0 Å². The van der Waals surface area contributed by atoms with Crippen LogP contribution < -0.4 is 19.5 Å². The predicted molar refractivity (Wildman–Crippen MR) is 106 cm³/mol. The zero-order valence-corrected chi connectivity index (χ0v) is 16.3. The van der Waals surface area contributed by atoms with E-state index in [1.54, 1.807) is 36.4 Å². The fourth-order valence-corrected chi connectivity index (χ4v) is 4.16. The van der Waals surface area contributed by atoms with E-state index in [1.807, 2.05) is 0 Å². The third-order valence-corrected chi connectivity index (χ3v) is 5.44. The van der Waals surface area contributed by atoms with Gasteiger partial charge in [-0.15, -0.1) is 0 Å². The van der Waals surface area contributed by atoms with Crippen LogP contribution in [0, 0.1) is 0 Å². The Kier molecular flexibility index (Phi) is 4.66. The molecular formula is C20H22N2O5S. The lowest BCUT2D eigenvalue weighted by Crippen LogP contribution is -2.40. The molecule has 8 heteroatoms. The largest absolute Gasteiger partial charge is 0.448 e. The van der Waals surface area contributed by atoms with Crippen molar-refractivity contribution in [2.24, 2.45) is 0 Å². The van der Waals surface area contributed by atoms with Crippen molar-refractivity contribution in [2.75, 3.05) is 16.3 Å². The Morgan fingerprint density at radius 2 is 1.71 bits per heavy atom. The molecule has 2 aliphatic rings. The van der Waals surface area contributed by atoms with Gasteiger partial charge in [0.2, 0.25) is 10.0 Å². The molecular weight excluding hydrogens is 380 g/mol. The van der Waals surface area contributed by atoms with E-state index in [0.717, 1.165) is 31.9 Å². The number of hydrogen-bond acceptors (Lipinski definition) is 5. The molecule has 7 nitrogen and oxygen atoms in total. The van der Waals surface area contributed by atoms with Gasteiger partial charge >= 0.3 is 0 Å². The Hall–Kier alpha value is -2.74. The number of fused-ring (bicyclic) bond motifs is 1. The molecule has 1 aliphatic carbocycles. The van der Waals surface area contributed by atoms with Gasteiger partial charge in [-0.1, -0.05) is 12.5 Å². The number of carbonyl (C=O) groups excluding carboxylic acids is 1. The van der Waals surface area contributed by atoms with E-state index < -0.39 is 15.8 Å². The highest BCUT2D eigenvalue weighted by atomic mass is 32.2. The van der Waals surface area contributed by atoms with Crippen LogP contribution in [-0.2, 0) is 10.0 Å². The van der Waals surface area contributed by atoms with Gasteiger partial charge in [-0.25, -0.2) is 8.42 Å². The van der Waals surface area contributed by atoms with Gasteiger partial charge in [-0.2, -0.15) is 0 Å². The topological polar surface area (TPSA) is 93.7 Å². The Morgan fingerprint density at radius 3 is 2.46 bits per heavy atom. The first-order valence-electron chi connectivity index (χ1n) is 9.23. The molecule has 1 heterocycles. The molecule has 1 fully saturated rings. The second kappa shape index (κ2) is 7.01. The third kappa shape index (κ3) is 4.06. The van der Waals surface area contributed by atoms with E-state index >= 15 is 0 Å². The lowest BCUT2D eigenvalue weighted by Gasteiger charge is -2.31. The van der Waals surface area contributed by atoms with Crippen molar-refractivity contribution in [1.29, 1.82) is 0 Å². The summed E-state index contributed by atoms with van der Waals surface area (Å²) in [6, 6.07) is 11.6. The van der Waals surface area contributed by atoms with Crippen molar-refractivity contribution in [3.8, 4) is 11.5 Å². The van der Waals surface area contributed by atoms with Crippen LogP contribution in [0.3, 0.4) is 0 Å². The van der Waals surface area contributed by atoms with Crippen LogP contribution in [-0.4, -0.2) is 26.4 Å². The van der Waals surface area contributed by atoms with Gasteiger partial charge in [-0.3, -0.25) is 9.52 Å². The molecule has 2 aromatic carbocycles. The summed E-state index contributed by atoms with van der Waals surface area (Å²) in [7, 11) is -3.41. The van der Waals surface area contributed by atoms with Crippen LogP contribution in [0.4, 0.5) is 11.4 Å². The molecule has 1 amide bonds. The highest BCUT2D eigenvalue weighted by Gasteiger charge is 2.42. The molecule has 2 aromatic rings. The number of carbonyl (C=O) groups is 1. The number of nitrogens with one attached hydrogen (secondary N) is 2. The molecule has 148 valence electrons. The average Bonchev–Trinajstić information content (AvgIpc) is 2.97. The number of benzene rings is 2. The van der Waals surface area contributed by atoms with E-state index in [1.165, 1.54) is 12.5 Å². The molecule has 28 heavy (non-hydrogen) atoms. The summed E-state index contributed by atoms with van der Waals surface area (Å²) in [4.78, 5) is 12.6. The highest BCUT2D eigenvalue weighted by Crippen LogP contribution is 2.46. The van der Waals surface area contributed by atoms with Gasteiger partial charge in [0.15, 0.2) is 11.5 Å². The minimum Gasteiger partial charge on any atom is -0.448 e. The SMILES string of the molecule is CS(=O)(=O)Nc1cccc(C(=O)Nc2ccc3c(c2)OC2(CCCCC2)O3)c1. The number of amides is 1. The van der Waals surface area contributed by atoms with E-state index in [4.69, 9.17) is 9.47 Å².